The molecule has 13 heavy (non-hydrogen) atoms. The van der Waals surface area contributed by atoms with E-state index >= 15 is 0 Å². The minimum Gasteiger partial charge on any atom is -0.317 e. The van der Waals surface area contributed by atoms with Crippen LogP contribution < -0.4 is 5.48 Å². The standard InChI is InChI=1S/C5H13NO.C3H2FNS/c1-2-3-4-5-6-7;4-3-5-1-2-6-3/h6-7H,2-5H2,1H3;1-2H. The van der Waals surface area contributed by atoms with Crippen LogP contribution in [0.1, 0.15) is 26.2 Å². The molecule has 0 atom stereocenters. The van der Waals surface area contributed by atoms with Crippen molar-refractivity contribution in [2.75, 3.05) is 6.54 Å². The van der Waals surface area contributed by atoms with E-state index in [-0.39, 0.29) is 5.26 Å². The zero-order valence-corrected chi connectivity index (χ0v) is 8.48. The van der Waals surface area contributed by atoms with Crippen molar-refractivity contribution in [3.63, 3.8) is 0 Å². The predicted octanol–water partition coefficient (Wildman–Crippen LogP) is 2.44. The Bertz CT molecular complexity index is 178. The van der Waals surface area contributed by atoms with E-state index in [1.54, 1.807) is 5.38 Å². The second kappa shape index (κ2) is 9.57. The topological polar surface area (TPSA) is 45.1 Å². The Hall–Kier alpha value is -0.520. The van der Waals surface area contributed by atoms with Crippen molar-refractivity contribution >= 4 is 11.3 Å². The quantitative estimate of drug-likeness (QED) is 0.587. The van der Waals surface area contributed by atoms with E-state index in [0.29, 0.717) is 0 Å². The molecule has 1 heterocycles. The van der Waals surface area contributed by atoms with Gasteiger partial charge < -0.3 is 5.21 Å². The van der Waals surface area contributed by atoms with Crippen molar-refractivity contribution in [3.8, 4) is 0 Å². The van der Waals surface area contributed by atoms with Gasteiger partial charge in [0.25, 0.3) is 5.26 Å². The molecule has 0 saturated carbocycles. The second-order valence-electron chi connectivity index (χ2n) is 2.40. The van der Waals surface area contributed by atoms with Crippen molar-refractivity contribution in [1.82, 2.24) is 10.5 Å². The average Bonchev–Trinajstić information content (AvgIpc) is 2.58. The fourth-order valence-corrected chi connectivity index (χ4v) is 1.02. The van der Waals surface area contributed by atoms with Crippen LogP contribution in [0.25, 0.3) is 0 Å². The van der Waals surface area contributed by atoms with Crippen molar-refractivity contribution < 1.29 is 9.60 Å². The molecule has 0 spiro atoms. The maximum Gasteiger partial charge on any atom is 0.268 e. The third-order valence-electron chi connectivity index (χ3n) is 1.29. The lowest BCUT2D eigenvalue weighted by Crippen LogP contribution is -2.07. The average molecular weight is 206 g/mol. The molecule has 0 bridgehead atoms. The number of unbranched alkanes of at least 4 members (excludes halogenated alkanes) is 2. The molecule has 0 amide bonds. The summed E-state index contributed by atoms with van der Waals surface area (Å²) in [6, 6.07) is 0. The molecule has 0 radical (unpaired) electrons. The Morgan fingerprint density at radius 3 is 2.69 bits per heavy atom. The van der Waals surface area contributed by atoms with E-state index in [0.717, 1.165) is 24.3 Å². The molecular weight excluding hydrogens is 191 g/mol. The number of nitrogens with zero attached hydrogens (tertiary/aromatic N) is 1. The number of hydrogen-bond acceptors (Lipinski definition) is 4. The Balaban J connectivity index is 0.000000223. The van der Waals surface area contributed by atoms with E-state index < -0.39 is 0 Å². The van der Waals surface area contributed by atoms with Gasteiger partial charge in [-0.05, 0) is 6.42 Å². The van der Waals surface area contributed by atoms with Gasteiger partial charge in [0.05, 0.1) is 0 Å². The molecule has 0 aliphatic carbocycles. The third kappa shape index (κ3) is 9.39. The van der Waals surface area contributed by atoms with Gasteiger partial charge in [-0.3, -0.25) is 0 Å². The fraction of sp³-hybridized carbons (Fsp3) is 0.625. The first-order valence-corrected chi connectivity index (χ1v) is 5.11. The molecule has 0 aliphatic rings. The maximum atomic E-state index is 11.6. The number of hydroxylamine groups is 1. The van der Waals surface area contributed by atoms with Crippen LogP contribution in [0.4, 0.5) is 4.39 Å². The van der Waals surface area contributed by atoms with Gasteiger partial charge in [-0.2, -0.15) is 4.39 Å². The van der Waals surface area contributed by atoms with Gasteiger partial charge in [-0.15, -0.1) is 0 Å². The number of rotatable bonds is 4. The molecule has 5 heteroatoms. The summed E-state index contributed by atoms with van der Waals surface area (Å²) in [4.78, 5) is 3.27. The number of halogens is 1. The van der Waals surface area contributed by atoms with E-state index in [9.17, 15) is 4.39 Å². The minimum atomic E-state index is -0.366. The highest BCUT2D eigenvalue weighted by atomic mass is 32.1. The van der Waals surface area contributed by atoms with Gasteiger partial charge in [0.15, 0.2) is 0 Å². The summed E-state index contributed by atoms with van der Waals surface area (Å²) in [7, 11) is 0. The van der Waals surface area contributed by atoms with Gasteiger partial charge in [-0.1, -0.05) is 31.1 Å². The molecule has 1 aromatic heterocycles. The Morgan fingerprint density at radius 2 is 2.38 bits per heavy atom. The highest BCUT2D eigenvalue weighted by molar-refractivity contribution is 7.07. The Labute approximate surface area is 81.6 Å². The number of hydrogen-bond donors (Lipinski definition) is 2. The lowest BCUT2D eigenvalue weighted by Gasteiger charge is -1.92. The first-order chi connectivity index (χ1) is 6.31. The summed E-state index contributed by atoms with van der Waals surface area (Å²) >= 11 is 1.000. The summed E-state index contributed by atoms with van der Waals surface area (Å²) < 4.78 is 11.6. The minimum absolute atomic E-state index is 0.366. The highest BCUT2D eigenvalue weighted by Gasteiger charge is 1.82. The van der Waals surface area contributed by atoms with Crippen molar-refractivity contribution in [2.24, 2.45) is 0 Å². The van der Waals surface area contributed by atoms with Crippen LogP contribution in [0, 0.1) is 5.26 Å². The van der Waals surface area contributed by atoms with Crippen LogP contribution in [0.2, 0.25) is 0 Å². The highest BCUT2D eigenvalue weighted by Crippen LogP contribution is 1.97. The first kappa shape index (κ1) is 12.5. The molecule has 1 aromatic rings. The number of thiazole rings is 1. The summed E-state index contributed by atoms with van der Waals surface area (Å²) in [5, 5.41) is 9.27. The van der Waals surface area contributed by atoms with Crippen LogP contribution in [0.15, 0.2) is 11.6 Å². The van der Waals surface area contributed by atoms with Crippen LogP contribution in [-0.2, 0) is 0 Å². The van der Waals surface area contributed by atoms with Gasteiger partial charge in [0.1, 0.15) is 0 Å². The first-order valence-electron chi connectivity index (χ1n) is 4.23. The summed E-state index contributed by atoms with van der Waals surface area (Å²) in [6.07, 6.45) is 4.92. The molecule has 0 fully saturated rings. The van der Waals surface area contributed by atoms with E-state index in [2.05, 4.69) is 17.4 Å². The summed E-state index contributed by atoms with van der Waals surface area (Å²) in [5.41, 5.74) is 2.10. The molecule has 2 N–H and O–H groups in total. The van der Waals surface area contributed by atoms with Crippen molar-refractivity contribution in [3.05, 3.63) is 16.8 Å². The normalized spacial score (nSPS) is 9.15. The van der Waals surface area contributed by atoms with E-state index in [1.165, 1.54) is 19.0 Å². The maximum absolute atomic E-state index is 11.6. The predicted molar refractivity (Wildman–Crippen MR) is 51.4 cm³/mol. The molecule has 1 rings (SSSR count). The molecule has 0 unspecified atom stereocenters. The lowest BCUT2D eigenvalue weighted by molar-refractivity contribution is 0.165. The zero-order chi connectivity index (χ0) is 9.94. The molecule has 3 nitrogen and oxygen atoms in total. The second-order valence-corrected chi connectivity index (χ2v) is 3.25. The molecule has 0 aromatic carbocycles. The Morgan fingerprint density at radius 1 is 1.62 bits per heavy atom. The zero-order valence-electron chi connectivity index (χ0n) is 7.66. The number of aromatic nitrogens is 1. The van der Waals surface area contributed by atoms with E-state index in [4.69, 9.17) is 5.21 Å². The fourth-order valence-electron chi connectivity index (χ4n) is 0.660. The lowest BCUT2D eigenvalue weighted by atomic mass is 10.3. The van der Waals surface area contributed by atoms with Crippen LogP contribution in [0.5, 0.6) is 0 Å². The molecular formula is C8H15FN2OS. The molecule has 0 saturated heterocycles. The molecule has 76 valence electrons. The van der Waals surface area contributed by atoms with E-state index in [1.807, 2.05) is 0 Å². The van der Waals surface area contributed by atoms with Crippen molar-refractivity contribution in [2.45, 2.75) is 26.2 Å². The van der Waals surface area contributed by atoms with Crippen LogP contribution in [0.3, 0.4) is 0 Å². The Kier molecular flexibility index (Phi) is 9.18. The van der Waals surface area contributed by atoms with Gasteiger partial charge in [-0.25, -0.2) is 10.5 Å². The number of nitrogens with one attached hydrogen (secondary N) is 1. The third-order valence-corrected chi connectivity index (χ3v) is 1.85. The monoisotopic (exact) mass is 206 g/mol. The summed E-state index contributed by atoms with van der Waals surface area (Å²) in [5.74, 6) is 0. The van der Waals surface area contributed by atoms with Crippen LogP contribution >= 0.6 is 11.3 Å². The SMILES string of the molecule is CCCCCNO.Fc1nccs1. The van der Waals surface area contributed by atoms with Gasteiger partial charge in [0.2, 0.25) is 0 Å². The van der Waals surface area contributed by atoms with Crippen molar-refractivity contribution in [1.29, 1.82) is 0 Å². The molecule has 0 aliphatic heterocycles. The van der Waals surface area contributed by atoms with Gasteiger partial charge in [0, 0.05) is 18.1 Å². The smallest absolute Gasteiger partial charge is 0.268 e. The van der Waals surface area contributed by atoms with Gasteiger partial charge >= 0.3 is 0 Å². The summed E-state index contributed by atoms with van der Waals surface area (Å²) in [6.45, 7) is 2.87. The largest absolute Gasteiger partial charge is 0.317 e. The van der Waals surface area contributed by atoms with Crippen LogP contribution in [-0.4, -0.2) is 16.7 Å².